The highest BCUT2D eigenvalue weighted by Gasteiger charge is 2.20. The van der Waals surface area contributed by atoms with Gasteiger partial charge in [0.05, 0.1) is 6.10 Å². The molecule has 1 aliphatic carbocycles. The molecule has 0 spiro atoms. The van der Waals surface area contributed by atoms with Gasteiger partial charge >= 0.3 is 0 Å². The van der Waals surface area contributed by atoms with Gasteiger partial charge in [-0.15, -0.1) is 0 Å². The van der Waals surface area contributed by atoms with Crippen molar-refractivity contribution in [2.45, 2.75) is 50.8 Å². The van der Waals surface area contributed by atoms with Crippen molar-refractivity contribution < 1.29 is 5.11 Å². The molecular weight excluding hydrogens is 200 g/mol. The van der Waals surface area contributed by atoms with Gasteiger partial charge in [0.25, 0.3) is 0 Å². The molecule has 0 amide bonds. The van der Waals surface area contributed by atoms with E-state index < -0.39 is 0 Å². The Kier molecular flexibility index (Phi) is 4.31. The zero-order valence-electron chi connectivity index (χ0n) is 9.60. The Bertz CT molecular complexity index is 302. The average molecular weight is 220 g/mol. The van der Waals surface area contributed by atoms with E-state index in [-0.39, 0.29) is 12.1 Å². The molecule has 0 bridgehead atoms. The highest BCUT2D eigenvalue weighted by Crippen LogP contribution is 2.18. The van der Waals surface area contributed by atoms with E-state index in [0.717, 1.165) is 25.8 Å². The van der Waals surface area contributed by atoms with Gasteiger partial charge in [-0.2, -0.15) is 0 Å². The Morgan fingerprint density at radius 1 is 1.31 bits per heavy atom. The standard InChI is InChI=1S/C13H20N2O/c16-13-7-3-1-2-6-12(13)15-10-11-5-4-8-14-9-11/h4-5,8-9,12-13,15-16H,1-3,6-7,10H2. The molecule has 2 N–H and O–H groups in total. The third-order valence-corrected chi connectivity index (χ3v) is 3.27. The Labute approximate surface area is 96.9 Å². The highest BCUT2D eigenvalue weighted by atomic mass is 16.3. The smallest absolute Gasteiger partial charge is 0.0693 e. The van der Waals surface area contributed by atoms with Crippen LogP contribution in [0, 0.1) is 0 Å². The number of nitrogens with one attached hydrogen (secondary N) is 1. The van der Waals surface area contributed by atoms with Gasteiger partial charge in [-0.05, 0) is 24.5 Å². The van der Waals surface area contributed by atoms with Crippen molar-refractivity contribution in [1.29, 1.82) is 0 Å². The molecule has 16 heavy (non-hydrogen) atoms. The molecule has 0 aliphatic heterocycles. The third-order valence-electron chi connectivity index (χ3n) is 3.27. The summed E-state index contributed by atoms with van der Waals surface area (Å²) < 4.78 is 0. The second kappa shape index (κ2) is 5.97. The zero-order chi connectivity index (χ0) is 11.2. The fraction of sp³-hybridized carbons (Fsp3) is 0.615. The summed E-state index contributed by atoms with van der Waals surface area (Å²) in [5.74, 6) is 0. The van der Waals surface area contributed by atoms with Crippen molar-refractivity contribution >= 4 is 0 Å². The predicted molar refractivity (Wildman–Crippen MR) is 64.0 cm³/mol. The van der Waals surface area contributed by atoms with E-state index in [9.17, 15) is 5.11 Å². The van der Waals surface area contributed by atoms with Crippen LogP contribution >= 0.6 is 0 Å². The second-order valence-electron chi connectivity index (χ2n) is 4.55. The van der Waals surface area contributed by atoms with E-state index >= 15 is 0 Å². The number of hydrogen-bond donors (Lipinski definition) is 2. The Hall–Kier alpha value is -0.930. The summed E-state index contributed by atoms with van der Waals surface area (Å²) in [6.45, 7) is 0.801. The van der Waals surface area contributed by atoms with Crippen LogP contribution in [0.25, 0.3) is 0 Å². The molecule has 2 unspecified atom stereocenters. The van der Waals surface area contributed by atoms with Crippen LogP contribution in [-0.2, 0) is 6.54 Å². The molecule has 1 aromatic heterocycles. The van der Waals surface area contributed by atoms with Crippen molar-refractivity contribution in [3.8, 4) is 0 Å². The average Bonchev–Trinajstić information content (AvgIpc) is 2.53. The molecule has 0 aromatic carbocycles. The van der Waals surface area contributed by atoms with Crippen molar-refractivity contribution in [1.82, 2.24) is 10.3 Å². The molecule has 1 aliphatic rings. The maximum atomic E-state index is 9.95. The number of pyridine rings is 1. The lowest BCUT2D eigenvalue weighted by Crippen LogP contribution is -2.38. The number of nitrogens with zero attached hydrogens (tertiary/aromatic N) is 1. The molecule has 1 heterocycles. The Morgan fingerprint density at radius 3 is 3.00 bits per heavy atom. The summed E-state index contributed by atoms with van der Waals surface area (Å²) in [5.41, 5.74) is 1.18. The first-order valence-electron chi connectivity index (χ1n) is 6.16. The molecule has 2 rings (SSSR count). The monoisotopic (exact) mass is 220 g/mol. The predicted octanol–water partition coefficient (Wildman–Crippen LogP) is 1.86. The number of hydrogen-bond acceptors (Lipinski definition) is 3. The molecular formula is C13H20N2O. The minimum absolute atomic E-state index is 0.181. The Morgan fingerprint density at radius 2 is 2.19 bits per heavy atom. The molecule has 1 saturated carbocycles. The maximum absolute atomic E-state index is 9.95. The van der Waals surface area contributed by atoms with Crippen molar-refractivity contribution in [3.63, 3.8) is 0 Å². The lowest BCUT2D eigenvalue weighted by Gasteiger charge is -2.21. The van der Waals surface area contributed by atoms with Crippen LogP contribution in [0.4, 0.5) is 0 Å². The minimum Gasteiger partial charge on any atom is -0.392 e. The maximum Gasteiger partial charge on any atom is 0.0693 e. The highest BCUT2D eigenvalue weighted by molar-refractivity contribution is 5.08. The summed E-state index contributed by atoms with van der Waals surface area (Å²) >= 11 is 0. The molecule has 2 atom stereocenters. The molecule has 0 saturated heterocycles. The van der Waals surface area contributed by atoms with Gasteiger partial charge in [0.15, 0.2) is 0 Å². The normalized spacial score (nSPS) is 26.3. The second-order valence-corrected chi connectivity index (χ2v) is 4.55. The van der Waals surface area contributed by atoms with Crippen molar-refractivity contribution in [2.75, 3.05) is 0 Å². The van der Waals surface area contributed by atoms with Crippen molar-refractivity contribution in [3.05, 3.63) is 30.1 Å². The van der Waals surface area contributed by atoms with Gasteiger partial charge in [-0.3, -0.25) is 4.98 Å². The third kappa shape index (κ3) is 3.29. The largest absolute Gasteiger partial charge is 0.392 e. The van der Waals surface area contributed by atoms with Crippen LogP contribution in [-0.4, -0.2) is 22.2 Å². The van der Waals surface area contributed by atoms with E-state index in [1.807, 2.05) is 12.3 Å². The van der Waals surface area contributed by atoms with Gasteiger partial charge in [0.1, 0.15) is 0 Å². The molecule has 0 radical (unpaired) electrons. The summed E-state index contributed by atoms with van der Waals surface area (Å²) in [6.07, 6.45) is 9.13. The van der Waals surface area contributed by atoms with Crippen LogP contribution in [0.5, 0.6) is 0 Å². The summed E-state index contributed by atoms with van der Waals surface area (Å²) in [7, 11) is 0. The lowest BCUT2D eigenvalue weighted by atomic mass is 10.1. The number of rotatable bonds is 3. The van der Waals surface area contributed by atoms with E-state index in [1.54, 1.807) is 6.20 Å². The van der Waals surface area contributed by atoms with E-state index in [0.29, 0.717) is 0 Å². The van der Waals surface area contributed by atoms with E-state index in [2.05, 4.69) is 16.4 Å². The molecule has 3 nitrogen and oxygen atoms in total. The first-order valence-corrected chi connectivity index (χ1v) is 6.16. The van der Waals surface area contributed by atoms with Crippen LogP contribution in [0.15, 0.2) is 24.5 Å². The summed E-state index contributed by atoms with van der Waals surface area (Å²) in [6, 6.07) is 4.26. The topological polar surface area (TPSA) is 45.1 Å². The minimum atomic E-state index is -0.181. The number of aliphatic hydroxyl groups is 1. The van der Waals surface area contributed by atoms with Crippen molar-refractivity contribution in [2.24, 2.45) is 0 Å². The molecule has 88 valence electrons. The lowest BCUT2D eigenvalue weighted by molar-refractivity contribution is 0.119. The number of aliphatic hydroxyl groups excluding tert-OH is 1. The van der Waals surface area contributed by atoms with E-state index in [1.165, 1.54) is 18.4 Å². The summed E-state index contributed by atoms with van der Waals surface area (Å²) in [5, 5.41) is 13.4. The van der Waals surface area contributed by atoms with Gasteiger partial charge in [-0.25, -0.2) is 0 Å². The molecule has 1 fully saturated rings. The van der Waals surface area contributed by atoms with Crippen LogP contribution in [0.2, 0.25) is 0 Å². The van der Waals surface area contributed by atoms with Gasteiger partial charge < -0.3 is 10.4 Å². The Balaban J connectivity index is 1.84. The van der Waals surface area contributed by atoms with Crippen LogP contribution in [0.3, 0.4) is 0 Å². The molecule has 3 heteroatoms. The van der Waals surface area contributed by atoms with Gasteiger partial charge in [0.2, 0.25) is 0 Å². The first-order chi connectivity index (χ1) is 7.86. The SMILES string of the molecule is OC1CCCCCC1NCc1cccnc1. The first kappa shape index (κ1) is 11.6. The van der Waals surface area contributed by atoms with E-state index in [4.69, 9.17) is 0 Å². The fourth-order valence-electron chi connectivity index (χ4n) is 2.28. The van der Waals surface area contributed by atoms with Gasteiger partial charge in [0, 0.05) is 25.0 Å². The quantitative estimate of drug-likeness (QED) is 0.764. The fourth-order valence-corrected chi connectivity index (χ4v) is 2.28. The summed E-state index contributed by atoms with van der Waals surface area (Å²) in [4.78, 5) is 4.08. The van der Waals surface area contributed by atoms with Crippen LogP contribution < -0.4 is 5.32 Å². The molecule has 1 aromatic rings. The zero-order valence-corrected chi connectivity index (χ0v) is 9.60. The van der Waals surface area contributed by atoms with Crippen LogP contribution in [0.1, 0.15) is 37.7 Å². The van der Waals surface area contributed by atoms with Gasteiger partial charge in [-0.1, -0.05) is 25.3 Å². The number of aromatic nitrogens is 1.